The third-order valence-corrected chi connectivity index (χ3v) is 3.49. The third-order valence-electron chi connectivity index (χ3n) is 3.49. The zero-order chi connectivity index (χ0) is 16.7. The summed E-state index contributed by atoms with van der Waals surface area (Å²) in [5.74, 6) is -2.71. The number of pyridine rings is 1. The fourth-order valence-corrected chi connectivity index (χ4v) is 2.46. The van der Waals surface area contributed by atoms with Crippen LogP contribution in [0, 0.1) is 0 Å². The fourth-order valence-electron chi connectivity index (χ4n) is 2.46. The number of aromatic hydroxyl groups is 1. The Kier molecular flexibility index (Phi) is 3.25. The summed E-state index contributed by atoms with van der Waals surface area (Å²) in [6, 6.07) is 3.26. The Hall–Kier alpha value is -3.36. The van der Waals surface area contributed by atoms with Crippen molar-refractivity contribution in [2.24, 2.45) is 7.05 Å². The highest BCUT2D eigenvalue weighted by molar-refractivity contribution is 6.01. The van der Waals surface area contributed by atoms with Crippen molar-refractivity contribution in [3.05, 3.63) is 40.4 Å². The van der Waals surface area contributed by atoms with Crippen LogP contribution in [0.5, 0.6) is 5.75 Å². The highest BCUT2D eigenvalue weighted by atomic mass is 16.4. The van der Waals surface area contributed by atoms with Crippen LogP contribution >= 0.6 is 0 Å². The highest BCUT2D eigenvalue weighted by Crippen LogP contribution is 2.27. The van der Waals surface area contributed by atoms with Gasteiger partial charge in [0.2, 0.25) is 0 Å². The summed E-state index contributed by atoms with van der Waals surface area (Å²) in [5.41, 5.74) is -0.359. The van der Waals surface area contributed by atoms with E-state index in [1.165, 1.54) is 16.2 Å². The predicted molar refractivity (Wildman–Crippen MR) is 79.6 cm³/mol. The number of fused-ring (bicyclic) bond motifs is 3. The zero-order valence-corrected chi connectivity index (χ0v) is 12.0. The third kappa shape index (κ3) is 2.18. The lowest BCUT2D eigenvalue weighted by Crippen LogP contribution is -2.36. The van der Waals surface area contributed by atoms with Crippen molar-refractivity contribution in [3.8, 4) is 5.75 Å². The van der Waals surface area contributed by atoms with Crippen molar-refractivity contribution < 1.29 is 19.8 Å². The van der Waals surface area contributed by atoms with E-state index in [2.05, 4.69) is 10.3 Å². The summed E-state index contributed by atoms with van der Waals surface area (Å²) >= 11 is 0. The van der Waals surface area contributed by atoms with E-state index in [1.54, 1.807) is 24.5 Å². The van der Waals surface area contributed by atoms with Crippen LogP contribution in [-0.2, 0) is 11.8 Å². The summed E-state index contributed by atoms with van der Waals surface area (Å²) in [5, 5.41) is 21.7. The number of hydrogen-bond donors (Lipinski definition) is 3. The largest absolute Gasteiger partial charge is 0.505 e. The SMILES string of the molecule is Cn1c(=O)c(C(=O)NCC(=O)O)c(O)c2cc3cnccc3n21. The lowest BCUT2D eigenvalue weighted by molar-refractivity contribution is -0.135. The molecular weight excluding hydrogens is 304 g/mol. The lowest BCUT2D eigenvalue weighted by atomic mass is 10.2. The maximum Gasteiger partial charge on any atom is 0.322 e. The molecule has 0 unspecified atom stereocenters. The van der Waals surface area contributed by atoms with Gasteiger partial charge in [-0.1, -0.05) is 0 Å². The van der Waals surface area contributed by atoms with Gasteiger partial charge in [-0.3, -0.25) is 19.4 Å². The Balaban J connectivity index is 2.29. The van der Waals surface area contributed by atoms with Gasteiger partial charge in [0.15, 0.2) is 5.75 Å². The Labute approximate surface area is 128 Å². The summed E-state index contributed by atoms with van der Waals surface area (Å²) in [7, 11) is 1.45. The van der Waals surface area contributed by atoms with Crippen LogP contribution in [0.25, 0.3) is 16.4 Å². The van der Waals surface area contributed by atoms with Crippen LogP contribution in [0.1, 0.15) is 10.4 Å². The molecule has 118 valence electrons. The molecule has 0 aliphatic rings. The van der Waals surface area contributed by atoms with Crippen LogP contribution in [0.4, 0.5) is 0 Å². The number of aromatic nitrogens is 3. The molecule has 0 saturated carbocycles. The quantitative estimate of drug-likeness (QED) is 0.609. The van der Waals surface area contributed by atoms with Gasteiger partial charge >= 0.3 is 5.97 Å². The number of nitrogens with one attached hydrogen (secondary N) is 1. The Morgan fingerprint density at radius 2 is 2.09 bits per heavy atom. The number of carbonyl (C=O) groups is 2. The predicted octanol–water partition coefficient (Wildman–Crippen LogP) is -0.294. The van der Waals surface area contributed by atoms with E-state index in [0.29, 0.717) is 10.9 Å². The molecule has 0 aromatic carbocycles. The minimum atomic E-state index is -1.25. The minimum Gasteiger partial charge on any atom is -0.505 e. The second-order valence-electron chi connectivity index (χ2n) is 4.90. The van der Waals surface area contributed by atoms with Crippen LogP contribution in [0.3, 0.4) is 0 Å². The summed E-state index contributed by atoms with van der Waals surface area (Å²) in [6.07, 6.45) is 3.11. The molecule has 0 atom stereocenters. The van der Waals surface area contributed by atoms with Gasteiger partial charge in [0.25, 0.3) is 11.5 Å². The Morgan fingerprint density at radius 3 is 2.78 bits per heavy atom. The van der Waals surface area contributed by atoms with Crippen molar-refractivity contribution in [1.82, 2.24) is 19.5 Å². The van der Waals surface area contributed by atoms with Gasteiger partial charge in [-0.05, 0) is 12.1 Å². The van der Waals surface area contributed by atoms with Gasteiger partial charge in [0, 0.05) is 24.8 Å². The van der Waals surface area contributed by atoms with E-state index in [4.69, 9.17) is 5.11 Å². The first kappa shape index (κ1) is 14.6. The van der Waals surface area contributed by atoms with Crippen molar-refractivity contribution in [3.63, 3.8) is 0 Å². The van der Waals surface area contributed by atoms with Crippen LogP contribution < -0.4 is 10.9 Å². The molecule has 9 heteroatoms. The first-order chi connectivity index (χ1) is 10.9. The molecule has 0 radical (unpaired) electrons. The van der Waals surface area contributed by atoms with Crippen molar-refractivity contribution in [1.29, 1.82) is 0 Å². The number of carboxylic acid groups (broad SMARTS) is 1. The molecule has 0 fully saturated rings. The van der Waals surface area contributed by atoms with E-state index < -0.39 is 35.3 Å². The topological polar surface area (TPSA) is 126 Å². The average molecular weight is 316 g/mol. The molecule has 23 heavy (non-hydrogen) atoms. The van der Waals surface area contributed by atoms with Gasteiger partial charge in [-0.15, -0.1) is 0 Å². The Morgan fingerprint density at radius 1 is 1.35 bits per heavy atom. The van der Waals surface area contributed by atoms with E-state index in [-0.39, 0.29) is 5.52 Å². The van der Waals surface area contributed by atoms with Crippen LogP contribution in [0.15, 0.2) is 29.3 Å². The summed E-state index contributed by atoms with van der Waals surface area (Å²) < 4.78 is 2.63. The number of carbonyl (C=O) groups excluding carboxylic acids is 1. The second-order valence-corrected chi connectivity index (χ2v) is 4.90. The average Bonchev–Trinajstić information content (AvgIpc) is 2.91. The van der Waals surface area contributed by atoms with Gasteiger partial charge < -0.3 is 15.5 Å². The van der Waals surface area contributed by atoms with Gasteiger partial charge in [0.05, 0.1) is 5.52 Å². The molecular formula is C14H12N4O5. The zero-order valence-electron chi connectivity index (χ0n) is 12.0. The molecule has 3 aromatic heterocycles. The van der Waals surface area contributed by atoms with Crippen molar-refractivity contribution >= 4 is 28.3 Å². The molecule has 3 rings (SSSR count). The molecule has 0 bridgehead atoms. The molecule has 3 aromatic rings. The van der Waals surface area contributed by atoms with E-state index in [1.807, 2.05) is 0 Å². The van der Waals surface area contributed by atoms with E-state index in [9.17, 15) is 19.5 Å². The summed E-state index contributed by atoms with van der Waals surface area (Å²) in [6.45, 7) is -0.653. The molecule has 9 nitrogen and oxygen atoms in total. The number of aliphatic carboxylic acids is 1. The monoisotopic (exact) mass is 316 g/mol. The van der Waals surface area contributed by atoms with Gasteiger partial charge in [-0.2, -0.15) is 0 Å². The number of nitrogens with zero attached hydrogens (tertiary/aromatic N) is 3. The number of carboxylic acids is 1. The maximum absolute atomic E-state index is 12.4. The van der Waals surface area contributed by atoms with Crippen LogP contribution in [-0.4, -0.2) is 42.8 Å². The van der Waals surface area contributed by atoms with Crippen LogP contribution in [0.2, 0.25) is 0 Å². The number of amides is 1. The smallest absolute Gasteiger partial charge is 0.322 e. The molecule has 0 aliphatic carbocycles. The normalized spacial score (nSPS) is 11.0. The first-order valence-corrected chi connectivity index (χ1v) is 6.59. The summed E-state index contributed by atoms with van der Waals surface area (Å²) in [4.78, 5) is 38.9. The van der Waals surface area contributed by atoms with Crippen molar-refractivity contribution in [2.45, 2.75) is 0 Å². The Bertz CT molecular complexity index is 1020. The molecule has 0 aliphatic heterocycles. The highest BCUT2D eigenvalue weighted by Gasteiger charge is 2.23. The number of rotatable bonds is 3. The lowest BCUT2D eigenvalue weighted by Gasteiger charge is -2.11. The maximum atomic E-state index is 12.4. The molecule has 1 amide bonds. The first-order valence-electron chi connectivity index (χ1n) is 6.59. The number of hydrogen-bond acceptors (Lipinski definition) is 5. The molecule has 0 saturated heterocycles. The van der Waals surface area contributed by atoms with E-state index in [0.717, 1.165) is 0 Å². The van der Waals surface area contributed by atoms with Crippen molar-refractivity contribution in [2.75, 3.05) is 6.54 Å². The fraction of sp³-hybridized carbons (Fsp3) is 0.143. The standard InChI is InChI=1S/C14H12N4O5/c1-17-14(23)11(13(22)16-6-10(19)20)12(21)9-4-7-5-15-3-2-8(7)18(9)17/h2-5,21H,6H2,1H3,(H,16,22)(H,19,20). The minimum absolute atomic E-state index is 0.246. The van der Waals surface area contributed by atoms with Gasteiger partial charge in [0.1, 0.15) is 17.6 Å². The van der Waals surface area contributed by atoms with Gasteiger partial charge in [-0.25, -0.2) is 9.20 Å². The molecule has 3 heterocycles. The second kappa shape index (κ2) is 5.13. The molecule has 0 spiro atoms. The molecule has 3 N–H and O–H groups in total. The van der Waals surface area contributed by atoms with E-state index >= 15 is 0 Å². The number of aryl methyl sites for hydroxylation is 1.